The molecule has 0 saturated carbocycles. The van der Waals surface area contributed by atoms with Gasteiger partial charge in [-0.05, 0) is 23.4 Å². The Morgan fingerprint density at radius 1 is 1.71 bits per heavy atom. The minimum atomic E-state index is -0.724. The van der Waals surface area contributed by atoms with Crippen LogP contribution in [0.2, 0.25) is 0 Å². The molecular formula is C5HClO. The van der Waals surface area contributed by atoms with Crippen LogP contribution in [0.5, 0.6) is 0 Å². The second kappa shape index (κ2) is 3.28. The normalized spacial score (nSPS) is 5.14. The molecule has 7 heavy (non-hydrogen) atoms. The van der Waals surface area contributed by atoms with Crippen molar-refractivity contribution in [2.24, 2.45) is 0 Å². The zero-order valence-corrected chi connectivity index (χ0v) is 4.12. The van der Waals surface area contributed by atoms with Gasteiger partial charge < -0.3 is 0 Å². The van der Waals surface area contributed by atoms with E-state index in [1.807, 2.05) is 17.8 Å². The first-order chi connectivity index (χ1) is 3.27. The largest absolute Gasteiger partial charge is 0.297 e. The Balaban J connectivity index is 3.74. The van der Waals surface area contributed by atoms with Gasteiger partial charge in [0.15, 0.2) is 0 Å². The molecule has 1 nitrogen and oxygen atoms in total. The molecule has 0 radical (unpaired) electrons. The van der Waals surface area contributed by atoms with Crippen LogP contribution in [0.3, 0.4) is 0 Å². The molecule has 0 aliphatic heterocycles. The lowest BCUT2D eigenvalue weighted by Crippen LogP contribution is -1.72. The first-order valence-electron chi connectivity index (χ1n) is 1.43. The van der Waals surface area contributed by atoms with Gasteiger partial charge in [-0.2, -0.15) is 0 Å². The van der Waals surface area contributed by atoms with E-state index in [-0.39, 0.29) is 0 Å². The van der Waals surface area contributed by atoms with Crippen LogP contribution >= 0.6 is 11.6 Å². The summed E-state index contributed by atoms with van der Waals surface area (Å²) >= 11 is 4.75. The Labute approximate surface area is 46.7 Å². The second-order valence-corrected chi connectivity index (χ2v) is 1.01. The van der Waals surface area contributed by atoms with E-state index in [1.54, 1.807) is 0 Å². The maximum atomic E-state index is 9.70. The van der Waals surface area contributed by atoms with Gasteiger partial charge in [0.2, 0.25) is 0 Å². The van der Waals surface area contributed by atoms with Crippen molar-refractivity contribution in [3.05, 3.63) is 0 Å². The van der Waals surface area contributed by atoms with E-state index >= 15 is 0 Å². The summed E-state index contributed by atoms with van der Waals surface area (Å²) in [6.07, 6.45) is 4.64. The summed E-state index contributed by atoms with van der Waals surface area (Å²) in [5, 5.41) is -0.724. The fraction of sp³-hybridized carbons (Fsp3) is 0. The molecule has 0 rings (SSSR count). The molecule has 0 unspecified atom stereocenters. The molecule has 2 heteroatoms. The second-order valence-electron chi connectivity index (χ2n) is 0.668. The molecular weight excluding hydrogens is 112 g/mol. The maximum absolute atomic E-state index is 9.70. The van der Waals surface area contributed by atoms with Crippen molar-refractivity contribution in [3.63, 3.8) is 0 Å². The van der Waals surface area contributed by atoms with Crippen LogP contribution in [0.15, 0.2) is 0 Å². The van der Waals surface area contributed by atoms with Gasteiger partial charge in [-0.1, -0.05) is 0 Å². The summed E-state index contributed by atoms with van der Waals surface area (Å²) in [6.45, 7) is 0. The Kier molecular flexibility index (Phi) is 2.85. The first-order valence-corrected chi connectivity index (χ1v) is 1.81. The molecule has 0 heterocycles. The van der Waals surface area contributed by atoms with Crippen molar-refractivity contribution in [2.75, 3.05) is 0 Å². The Morgan fingerprint density at radius 2 is 2.29 bits per heavy atom. The van der Waals surface area contributed by atoms with Gasteiger partial charge in [0.25, 0.3) is 5.24 Å². The zero-order chi connectivity index (χ0) is 5.70. The molecule has 0 amide bonds. The highest BCUT2D eigenvalue weighted by atomic mass is 35.5. The average molecular weight is 113 g/mol. The van der Waals surface area contributed by atoms with Crippen LogP contribution in [-0.4, -0.2) is 5.24 Å². The Hall–Kier alpha value is -0.920. The van der Waals surface area contributed by atoms with Crippen molar-refractivity contribution in [2.45, 2.75) is 0 Å². The number of hydrogen-bond donors (Lipinski definition) is 0. The third-order valence-electron chi connectivity index (χ3n) is 0.233. The number of carbonyl (C=O) groups excluding carboxylic acids is 1. The van der Waals surface area contributed by atoms with Crippen LogP contribution in [0.4, 0.5) is 0 Å². The van der Waals surface area contributed by atoms with Gasteiger partial charge in [-0.3, -0.25) is 4.79 Å². The average Bonchev–Trinajstić information content (AvgIpc) is 1.61. The fourth-order valence-electron chi connectivity index (χ4n) is 0.0852. The highest BCUT2D eigenvalue weighted by Crippen LogP contribution is 1.71. The van der Waals surface area contributed by atoms with Crippen LogP contribution < -0.4 is 0 Å². The van der Waals surface area contributed by atoms with Crippen LogP contribution in [0.1, 0.15) is 0 Å². The van der Waals surface area contributed by atoms with Gasteiger partial charge in [0, 0.05) is 5.92 Å². The molecule has 34 valence electrons. The highest BCUT2D eigenvalue weighted by Gasteiger charge is 1.77. The van der Waals surface area contributed by atoms with Gasteiger partial charge in [-0.15, -0.1) is 6.42 Å². The first kappa shape index (κ1) is 6.08. The molecule has 0 aromatic heterocycles. The highest BCUT2D eigenvalue weighted by molar-refractivity contribution is 6.68. The van der Waals surface area contributed by atoms with E-state index in [1.165, 1.54) is 0 Å². The van der Waals surface area contributed by atoms with Crippen LogP contribution in [0, 0.1) is 24.2 Å². The van der Waals surface area contributed by atoms with Gasteiger partial charge in [0.05, 0.1) is 0 Å². The minimum absolute atomic E-state index is 0.724. The zero-order valence-electron chi connectivity index (χ0n) is 3.36. The number of rotatable bonds is 0. The lowest BCUT2D eigenvalue weighted by Gasteiger charge is -1.58. The van der Waals surface area contributed by atoms with Crippen LogP contribution in [-0.2, 0) is 4.79 Å². The topological polar surface area (TPSA) is 17.1 Å². The van der Waals surface area contributed by atoms with E-state index in [0.29, 0.717) is 0 Å². The van der Waals surface area contributed by atoms with Gasteiger partial charge in [-0.25, -0.2) is 0 Å². The Morgan fingerprint density at radius 3 is 2.43 bits per heavy atom. The molecule has 0 aromatic rings. The number of carbonyl (C=O) groups is 1. The van der Waals surface area contributed by atoms with Crippen molar-refractivity contribution < 1.29 is 4.79 Å². The van der Waals surface area contributed by atoms with Gasteiger partial charge in [0.1, 0.15) is 0 Å². The van der Waals surface area contributed by atoms with Crippen molar-refractivity contribution in [3.8, 4) is 24.2 Å². The molecule has 0 atom stereocenters. The quantitative estimate of drug-likeness (QED) is 0.327. The van der Waals surface area contributed by atoms with E-state index in [9.17, 15) is 4.79 Å². The third-order valence-corrected chi connectivity index (χ3v) is 0.327. The summed E-state index contributed by atoms with van der Waals surface area (Å²) in [4.78, 5) is 9.70. The SMILES string of the molecule is C#CC#CC(=O)Cl. The number of hydrogen-bond acceptors (Lipinski definition) is 1. The summed E-state index contributed by atoms with van der Waals surface area (Å²) < 4.78 is 0. The lowest BCUT2D eigenvalue weighted by atomic mass is 10.6. The van der Waals surface area contributed by atoms with E-state index in [2.05, 4.69) is 6.42 Å². The van der Waals surface area contributed by atoms with Crippen LogP contribution in [0.25, 0.3) is 0 Å². The molecule has 0 spiro atoms. The molecule has 0 fully saturated rings. The van der Waals surface area contributed by atoms with E-state index in [0.717, 1.165) is 0 Å². The molecule has 0 N–H and O–H groups in total. The summed E-state index contributed by atoms with van der Waals surface area (Å²) in [5.41, 5.74) is 0. The molecule has 0 bridgehead atoms. The molecule has 0 aliphatic rings. The standard InChI is InChI=1S/C5HClO/c1-2-3-4-5(6)7/h1H. The molecule has 0 aliphatic carbocycles. The Bertz CT molecular complexity index is 165. The summed E-state index contributed by atoms with van der Waals surface area (Å²) in [5.74, 6) is 5.91. The molecule has 0 aromatic carbocycles. The predicted octanol–water partition coefficient (Wildman–Crippen LogP) is 0.388. The number of halogens is 1. The summed E-state index contributed by atoms with van der Waals surface area (Å²) in [6, 6.07) is 0. The fourth-order valence-corrected chi connectivity index (χ4v) is 0.132. The minimum Gasteiger partial charge on any atom is -0.266 e. The maximum Gasteiger partial charge on any atom is 0.297 e. The van der Waals surface area contributed by atoms with E-state index < -0.39 is 5.24 Å². The molecule has 0 saturated heterocycles. The predicted molar refractivity (Wildman–Crippen MR) is 27.5 cm³/mol. The lowest BCUT2D eigenvalue weighted by molar-refractivity contribution is -0.106. The van der Waals surface area contributed by atoms with E-state index in [4.69, 9.17) is 11.6 Å². The van der Waals surface area contributed by atoms with Crippen molar-refractivity contribution in [1.82, 2.24) is 0 Å². The smallest absolute Gasteiger partial charge is 0.266 e. The number of terminal acetylenes is 1. The van der Waals surface area contributed by atoms with Gasteiger partial charge >= 0.3 is 0 Å². The monoisotopic (exact) mass is 112 g/mol. The third kappa shape index (κ3) is 5.08. The van der Waals surface area contributed by atoms with Crippen molar-refractivity contribution >= 4 is 16.8 Å². The summed E-state index contributed by atoms with van der Waals surface area (Å²) in [7, 11) is 0. The van der Waals surface area contributed by atoms with Crippen molar-refractivity contribution in [1.29, 1.82) is 0 Å².